The van der Waals surface area contributed by atoms with E-state index in [0.717, 1.165) is 27.9 Å². The van der Waals surface area contributed by atoms with Crippen LogP contribution in [0, 0.1) is 6.92 Å². The molecule has 0 aliphatic carbocycles. The topological polar surface area (TPSA) is 102 Å². The van der Waals surface area contributed by atoms with Crippen LogP contribution in [0.25, 0.3) is 17.3 Å². The lowest BCUT2D eigenvalue weighted by molar-refractivity contribution is -0.141. The smallest absolute Gasteiger partial charge is 0.326 e. The van der Waals surface area contributed by atoms with Gasteiger partial charge in [-0.3, -0.25) is 4.79 Å². The predicted molar refractivity (Wildman–Crippen MR) is 136 cm³/mol. The molecule has 2 N–H and O–H groups in total. The number of aryl methyl sites for hydroxylation is 1. The number of carboxylic acids is 1. The zero-order valence-electron chi connectivity index (χ0n) is 19.8. The molecular weight excluding hydrogens is 456 g/mol. The van der Waals surface area contributed by atoms with E-state index in [0.29, 0.717) is 18.1 Å². The van der Waals surface area contributed by atoms with E-state index in [4.69, 9.17) is 9.26 Å². The summed E-state index contributed by atoms with van der Waals surface area (Å²) in [5.74, 6) is -0.202. The number of nitrogens with zero attached hydrogens (tertiary/aromatic N) is 1. The summed E-state index contributed by atoms with van der Waals surface area (Å²) in [6, 6.07) is 25.2. The van der Waals surface area contributed by atoms with Crippen LogP contribution in [0.2, 0.25) is 0 Å². The first-order chi connectivity index (χ1) is 17.5. The zero-order valence-corrected chi connectivity index (χ0v) is 19.8. The van der Waals surface area contributed by atoms with Crippen molar-refractivity contribution >= 4 is 18.0 Å². The number of ether oxygens (including phenoxy) is 1. The van der Waals surface area contributed by atoms with E-state index in [1.54, 1.807) is 18.2 Å². The molecule has 0 aliphatic heterocycles. The number of amides is 1. The third-order valence-electron chi connectivity index (χ3n) is 5.62. The van der Waals surface area contributed by atoms with Crippen LogP contribution in [-0.2, 0) is 22.6 Å². The number of carbonyl (C=O) groups is 2. The Morgan fingerprint density at radius 3 is 2.33 bits per heavy atom. The second-order valence-electron chi connectivity index (χ2n) is 8.21. The van der Waals surface area contributed by atoms with Crippen LogP contribution in [0.3, 0.4) is 0 Å². The molecule has 0 spiro atoms. The molecular formula is C29H26N2O5. The maximum absolute atomic E-state index is 12.3. The van der Waals surface area contributed by atoms with Crippen molar-refractivity contribution in [2.24, 2.45) is 0 Å². The Morgan fingerprint density at radius 1 is 1.00 bits per heavy atom. The van der Waals surface area contributed by atoms with Gasteiger partial charge in [-0.2, -0.15) is 0 Å². The van der Waals surface area contributed by atoms with Gasteiger partial charge in [0.05, 0.1) is 5.56 Å². The summed E-state index contributed by atoms with van der Waals surface area (Å²) in [4.78, 5) is 23.9. The van der Waals surface area contributed by atoms with Gasteiger partial charge in [0, 0.05) is 18.1 Å². The van der Waals surface area contributed by atoms with Gasteiger partial charge >= 0.3 is 5.97 Å². The van der Waals surface area contributed by atoms with Crippen molar-refractivity contribution in [3.8, 4) is 17.0 Å². The molecule has 0 fully saturated rings. The number of hydrogen-bond acceptors (Lipinski definition) is 5. The van der Waals surface area contributed by atoms with Crippen LogP contribution < -0.4 is 10.1 Å². The normalized spacial score (nSPS) is 11.8. The fourth-order valence-corrected chi connectivity index (χ4v) is 3.66. The molecule has 3 aromatic carbocycles. The van der Waals surface area contributed by atoms with Crippen molar-refractivity contribution in [2.75, 3.05) is 0 Å². The van der Waals surface area contributed by atoms with E-state index in [1.165, 1.54) is 6.08 Å². The average Bonchev–Trinajstić information content (AvgIpc) is 3.27. The molecule has 4 aromatic rings. The molecule has 1 aromatic heterocycles. The number of aliphatic carboxylic acids is 1. The van der Waals surface area contributed by atoms with Gasteiger partial charge in [0.15, 0.2) is 0 Å². The first-order valence-corrected chi connectivity index (χ1v) is 11.5. The van der Waals surface area contributed by atoms with E-state index in [1.807, 2.05) is 79.7 Å². The van der Waals surface area contributed by atoms with Gasteiger partial charge in [0.25, 0.3) is 0 Å². The lowest BCUT2D eigenvalue weighted by Crippen LogP contribution is -2.41. The summed E-state index contributed by atoms with van der Waals surface area (Å²) in [7, 11) is 0. The van der Waals surface area contributed by atoms with E-state index in [2.05, 4.69) is 10.5 Å². The fraction of sp³-hybridized carbons (Fsp3) is 0.138. The van der Waals surface area contributed by atoms with Gasteiger partial charge in [-0.15, -0.1) is 0 Å². The number of aromatic nitrogens is 1. The molecule has 1 heterocycles. The maximum atomic E-state index is 12.3. The third kappa shape index (κ3) is 6.48. The highest BCUT2D eigenvalue weighted by atomic mass is 16.5. The van der Waals surface area contributed by atoms with Crippen molar-refractivity contribution < 1.29 is 24.0 Å². The summed E-state index contributed by atoms with van der Waals surface area (Å²) in [6.45, 7) is 2.15. The van der Waals surface area contributed by atoms with Gasteiger partial charge in [0.1, 0.15) is 29.9 Å². The lowest BCUT2D eigenvalue weighted by Gasteiger charge is -2.13. The molecule has 7 nitrogen and oxygen atoms in total. The quantitative estimate of drug-likeness (QED) is 0.307. The van der Waals surface area contributed by atoms with Gasteiger partial charge in [-0.05, 0) is 36.3 Å². The van der Waals surface area contributed by atoms with Crippen molar-refractivity contribution in [3.63, 3.8) is 0 Å². The van der Waals surface area contributed by atoms with Gasteiger partial charge in [0.2, 0.25) is 5.91 Å². The van der Waals surface area contributed by atoms with Crippen molar-refractivity contribution in [1.82, 2.24) is 10.5 Å². The standard InChI is InChI=1S/C29H26N2O5/c1-20-25(28(31-36-20)23-10-6-3-7-11-23)19-35-24-15-12-21(13-16-24)14-17-27(32)30-26(29(33)34)18-22-8-4-2-5-9-22/h2-17,26H,18-19H2,1H3,(H,30,32)(H,33,34)/t26-/m0/s1. The Hall–Kier alpha value is -4.65. The number of benzene rings is 3. The minimum absolute atomic E-state index is 0.208. The molecule has 1 atom stereocenters. The minimum atomic E-state index is -1.08. The lowest BCUT2D eigenvalue weighted by atomic mass is 10.1. The summed E-state index contributed by atoms with van der Waals surface area (Å²) >= 11 is 0. The SMILES string of the molecule is Cc1onc(-c2ccccc2)c1COc1ccc(C=CC(=O)N[C@@H](Cc2ccccc2)C(=O)O)cc1. The molecule has 0 bridgehead atoms. The minimum Gasteiger partial charge on any atom is -0.489 e. The molecule has 36 heavy (non-hydrogen) atoms. The predicted octanol–water partition coefficient (Wildman–Crippen LogP) is 5.05. The Kier molecular flexibility index (Phi) is 7.93. The van der Waals surface area contributed by atoms with E-state index >= 15 is 0 Å². The van der Waals surface area contributed by atoms with Crippen LogP contribution >= 0.6 is 0 Å². The second kappa shape index (κ2) is 11.7. The number of carboxylic acid groups (broad SMARTS) is 1. The second-order valence-corrected chi connectivity index (χ2v) is 8.21. The molecule has 0 aliphatic rings. The first-order valence-electron chi connectivity index (χ1n) is 11.5. The summed E-state index contributed by atoms with van der Waals surface area (Å²) < 4.78 is 11.3. The Balaban J connectivity index is 1.33. The van der Waals surface area contributed by atoms with Crippen LogP contribution in [0.1, 0.15) is 22.5 Å². The zero-order chi connectivity index (χ0) is 25.3. The number of carbonyl (C=O) groups excluding carboxylic acids is 1. The Bertz CT molecular complexity index is 1330. The highest BCUT2D eigenvalue weighted by Gasteiger charge is 2.19. The Labute approximate surface area is 209 Å². The van der Waals surface area contributed by atoms with Crippen LogP contribution in [0.15, 0.2) is 95.5 Å². The van der Waals surface area contributed by atoms with Crippen LogP contribution in [0.5, 0.6) is 5.75 Å². The van der Waals surface area contributed by atoms with E-state index in [-0.39, 0.29) is 6.42 Å². The number of nitrogens with one attached hydrogen (secondary N) is 1. The van der Waals surface area contributed by atoms with Crippen LogP contribution in [0.4, 0.5) is 0 Å². The average molecular weight is 483 g/mol. The van der Waals surface area contributed by atoms with Crippen molar-refractivity contribution in [3.05, 3.63) is 113 Å². The molecule has 4 rings (SSSR count). The van der Waals surface area contributed by atoms with Crippen molar-refractivity contribution in [2.45, 2.75) is 26.0 Å². The molecule has 0 radical (unpaired) electrons. The third-order valence-corrected chi connectivity index (χ3v) is 5.62. The molecule has 0 saturated heterocycles. The summed E-state index contributed by atoms with van der Waals surface area (Å²) in [5, 5.41) is 16.2. The van der Waals surface area contributed by atoms with Crippen molar-refractivity contribution in [1.29, 1.82) is 0 Å². The molecule has 0 saturated carbocycles. The molecule has 0 unspecified atom stereocenters. The summed E-state index contributed by atoms with van der Waals surface area (Å²) in [6.07, 6.45) is 3.15. The molecule has 182 valence electrons. The number of hydrogen-bond donors (Lipinski definition) is 2. The first kappa shape index (κ1) is 24.5. The van der Waals surface area contributed by atoms with Gasteiger partial charge < -0.3 is 19.7 Å². The van der Waals surface area contributed by atoms with Crippen LogP contribution in [-0.4, -0.2) is 28.2 Å². The summed E-state index contributed by atoms with van der Waals surface area (Å²) in [5.41, 5.74) is 4.21. The monoisotopic (exact) mass is 482 g/mol. The van der Waals surface area contributed by atoms with Gasteiger partial charge in [-0.25, -0.2) is 4.79 Å². The maximum Gasteiger partial charge on any atom is 0.326 e. The fourth-order valence-electron chi connectivity index (χ4n) is 3.66. The highest BCUT2D eigenvalue weighted by molar-refractivity contribution is 5.94. The van der Waals surface area contributed by atoms with E-state index in [9.17, 15) is 14.7 Å². The largest absolute Gasteiger partial charge is 0.489 e. The molecule has 1 amide bonds. The van der Waals surface area contributed by atoms with E-state index < -0.39 is 17.9 Å². The highest BCUT2D eigenvalue weighted by Crippen LogP contribution is 2.26. The van der Waals surface area contributed by atoms with Gasteiger partial charge in [-0.1, -0.05) is 78.0 Å². The number of rotatable bonds is 10. The molecule has 7 heteroatoms. The Morgan fingerprint density at radius 2 is 1.67 bits per heavy atom.